The van der Waals surface area contributed by atoms with E-state index in [0.717, 1.165) is 38.7 Å². The zero-order valence-electron chi connectivity index (χ0n) is 19.0. The monoisotopic (exact) mass is 409 g/mol. The van der Waals surface area contributed by atoms with Crippen molar-refractivity contribution in [2.75, 3.05) is 0 Å². The van der Waals surface area contributed by atoms with Gasteiger partial charge in [0.05, 0.1) is 7.92 Å². The molecule has 2 nitrogen and oxygen atoms in total. The van der Waals surface area contributed by atoms with Crippen LogP contribution in [0.5, 0.6) is 0 Å². The van der Waals surface area contributed by atoms with Gasteiger partial charge in [0.2, 0.25) is 0 Å². The van der Waals surface area contributed by atoms with Gasteiger partial charge in [-0.05, 0) is 69.1 Å². The van der Waals surface area contributed by atoms with E-state index in [1.165, 1.54) is 0 Å². The van der Waals surface area contributed by atoms with Gasteiger partial charge in [-0.15, -0.1) is 0 Å². The van der Waals surface area contributed by atoms with Crippen molar-refractivity contribution >= 4 is 43.1 Å². The topological polar surface area (TPSA) is 34.1 Å². The van der Waals surface area contributed by atoms with Gasteiger partial charge >= 0.3 is 0 Å². The molecule has 0 unspecified atom stereocenters. The van der Waals surface area contributed by atoms with Crippen LogP contribution in [-0.4, -0.2) is 29.9 Å². The van der Waals surface area contributed by atoms with Crippen LogP contribution in [0, 0.1) is 41.5 Å². The van der Waals surface area contributed by atoms with E-state index in [2.05, 4.69) is 0 Å². The van der Waals surface area contributed by atoms with Gasteiger partial charge in [-0.1, -0.05) is 65.7 Å². The molecular weight excluding hydrogens is 382 g/mol. The molecule has 0 aliphatic heterocycles. The summed E-state index contributed by atoms with van der Waals surface area (Å²) in [5.74, 6) is 0. The minimum Gasteiger partial charge on any atom is -0.288 e. The van der Waals surface area contributed by atoms with Crippen LogP contribution < -0.4 is 5.30 Å². The number of aryl methyl sites for hydroxylation is 6. The molecule has 0 atom stereocenters. The fourth-order valence-corrected chi connectivity index (χ4v) is 6.44. The van der Waals surface area contributed by atoms with Crippen molar-refractivity contribution in [1.29, 1.82) is 0 Å². The van der Waals surface area contributed by atoms with Crippen LogP contribution in [0.2, 0.25) is 0 Å². The van der Waals surface area contributed by atoms with Gasteiger partial charge in [0.15, 0.2) is 11.0 Å². The molecule has 3 aromatic carbocycles. The Balaban J connectivity index is 0.00000320. The molecule has 0 spiro atoms. The molecule has 0 aliphatic rings. The standard InChI is InChI=1S/C26H27O2P.Li/c1-16-12-18(3)23(19(4)13-16)25(27)29(22-10-8-7-9-11-22)26(28)24-20(5)14-17(2)15-21(24)6;/h7-15H,1-6H3;. The van der Waals surface area contributed by atoms with Crippen molar-refractivity contribution in [3.63, 3.8) is 0 Å². The van der Waals surface area contributed by atoms with E-state index in [4.69, 9.17) is 0 Å². The minimum absolute atomic E-state index is 0. The predicted molar refractivity (Wildman–Crippen MR) is 129 cm³/mol. The van der Waals surface area contributed by atoms with Crippen molar-refractivity contribution in [1.82, 2.24) is 0 Å². The quantitative estimate of drug-likeness (QED) is 0.386. The van der Waals surface area contributed by atoms with Crippen molar-refractivity contribution in [3.8, 4) is 0 Å². The molecule has 0 fully saturated rings. The fraction of sp³-hybridized carbons (Fsp3) is 0.231. The van der Waals surface area contributed by atoms with Crippen molar-refractivity contribution < 1.29 is 9.59 Å². The summed E-state index contributed by atoms with van der Waals surface area (Å²) < 4.78 is 0. The molecule has 30 heavy (non-hydrogen) atoms. The first-order valence-corrected chi connectivity index (χ1v) is 11.1. The van der Waals surface area contributed by atoms with E-state index in [9.17, 15) is 9.59 Å². The second-order valence-electron chi connectivity index (χ2n) is 7.83. The SMILES string of the molecule is Cc1cc(C)c(C(=O)P(C(=O)c2c(C)cc(C)cc2C)c2ccccc2)c(C)c1.[Li]. The van der Waals surface area contributed by atoms with Crippen LogP contribution in [0.15, 0.2) is 54.6 Å². The molecule has 0 amide bonds. The van der Waals surface area contributed by atoms with Crippen LogP contribution >= 0.6 is 7.92 Å². The van der Waals surface area contributed by atoms with E-state index < -0.39 is 7.92 Å². The number of benzene rings is 3. The summed E-state index contributed by atoms with van der Waals surface area (Å²) in [6.07, 6.45) is 0. The third kappa shape index (κ3) is 4.84. The average Bonchev–Trinajstić information content (AvgIpc) is 2.61. The Kier molecular flexibility index (Phi) is 8.01. The summed E-state index contributed by atoms with van der Waals surface area (Å²) in [4.78, 5) is 27.6. The number of hydrogen-bond donors (Lipinski definition) is 0. The third-order valence-corrected chi connectivity index (χ3v) is 7.28. The van der Waals surface area contributed by atoms with E-state index in [-0.39, 0.29) is 29.9 Å². The normalized spacial score (nSPS) is 10.6. The van der Waals surface area contributed by atoms with Crippen LogP contribution in [0.25, 0.3) is 0 Å². The summed E-state index contributed by atoms with van der Waals surface area (Å²) in [5, 5.41) is 0.802. The second kappa shape index (κ2) is 9.89. The molecule has 0 aliphatic carbocycles. The maximum atomic E-state index is 13.8. The summed E-state index contributed by atoms with van der Waals surface area (Å²) in [6, 6.07) is 17.6. The molecule has 3 rings (SSSR count). The molecule has 0 N–H and O–H groups in total. The Hall–Kier alpha value is -1.97. The van der Waals surface area contributed by atoms with E-state index in [1.807, 2.05) is 96.1 Å². The van der Waals surface area contributed by atoms with Crippen LogP contribution in [0.3, 0.4) is 0 Å². The van der Waals surface area contributed by atoms with Crippen molar-refractivity contribution in [2.24, 2.45) is 0 Å². The molecule has 1 radical (unpaired) electrons. The zero-order chi connectivity index (χ0) is 21.3. The second-order valence-corrected chi connectivity index (χ2v) is 9.83. The first kappa shape index (κ1) is 24.3. The summed E-state index contributed by atoms with van der Waals surface area (Å²) in [6.45, 7) is 11.9. The largest absolute Gasteiger partial charge is 0.288 e. The maximum absolute atomic E-state index is 13.8. The Morgan fingerprint density at radius 3 is 1.27 bits per heavy atom. The smallest absolute Gasteiger partial charge is 0.197 e. The maximum Gasteiger partial charge on any atom is 0.197 e. The van der Waals surface area contributed by atoms with E-state index in [0.29, 0.717) is 11.1 Å². The van der Waals surface area contributed by atoms with Gasteiger partial charge in [0, 0.05) is 30.0 Å². The fourth-order valence-electron chi connectivity index (χ4n) is 4.16. The number of carbonyl (C=O) groups excluding carboxylic acids is 2. The van der Waals surface area contributed by atoms with Crippen LogP contribution in [0.4, 0.5) is 0 Å². The average molecular weight is 409 g/mol. The molecule has 0 saturated heterocycles. The summed E-state index contributed by atoms with van der Waals surface area (Å²) in [7, 11) is -1.69. The molecule has 0 bridgehead atoms. The third-order valence-electron chi connectivity index (χ3n) is 5.20. The zero-order valence-corrected chi connectivity index (χ0v) is 19.9. The molecular formula is C26H27LiO2P. The van der Waals surface area contributed by atoms with Gasteiger partial charge in [-0.2, -0.15) is 0 Å². The Morgan fingerprint density at radius 2 is 0.933 bits per heavy atom. The number of carbonyl (C=O) groups is 2. The van der Waals surface area contributed by atoms with Crippen molar-refractivity contribution in [3.05, 3.63) is 99.1 Å². The summed E-state index contributed by atoms with van der Waals surface area (Å²) >= 11 is 0. The Labute approximate surface area is 193 Å². The van der Waals surface area contributed by atoms with E-state index >= 15 is 0 Å². The molecule has 0 saturated carbocycles. The predicted octanol–water partition coefficient (Wildman–Crippen LogP) is 5.94. The summed E-state index contributed by atoms with van der Waals surface area (Å²) in [5.41, 5.74) is 7.21. The van der Waals surface area contributed by atoms with Crippen LogP contribution in [0.1, 0.15) is 54.1 Å². The Bertz CT molecular complexity index is 988. The molecule has 3 aromatic rings. The van der Waals surface area contributed by atoms with Gasteiger partial charge in [-0.25, -0.2) is 0 Å². The van der Waals surface area contributed by atoms with Gasteiger partial charge in [0.1, 0.15) is 0 Å². The Morgan fingerprint density at radius 1 is 0.600 bits per heavy atom. The van der Waals surface area contributed by atoms with Gasteiger partial charge < -0.3 is 0 Å². The molecule has 4 heteroatoms. The van der Waals surface area contributed by atoms with Gasteiger partial charge in [0.25, 0.3) is 0 Å². The van der Waals surface area contributed by atoms with Crippen molar-refractivity contribution in [2.45, 2.75) is 41.5 Å². The molecule has 0 heterocycles. The first-order valence-electron chi connectivity index (χ1n) is 9.80. The molecule has 0 aromatic heterocycles. The van der Waals surface area contributed by atoms with E-state index in [1.54, 1.807) is 0 Å². The minimum atomic E-state index is -1.69. The number of rotatable bonds is 5. The van der Waals surface area contributed by atoms with Crippen LogP contribution in [-0.2, 0) is 0 Å². The number of hydrogen-bond acceptors (Lipinski definition) is 2. The molecule has 149 valence electrons. The first-order chi connectivity index (χ1) is 13.7. The van der Waals surface area contributed by atoms with Gasteiger partial charge in [-0.3, -0.25) is 9.59 Å².